The molecule has 5 rings (SSSR count). The number of halogens is 1. The highest BCUT2D eigenvalue weighted by atomic mass is 35.5. The van der Waals surface area contributed by atoms with Crippen molar-refractivity contribution in [2.24, 2.45) is 0 Å². The standard InChI is InChI=1S/C24H20ClN5/c25-18-6-3-5-17(15-18)22(21-8-1-2-12-27-21)29-24-19-7-4-9-20(19)28-23(30-24)16-10-13-26-14-11-16/h1-3,5-6,8,10-15,22H,4,7,9H2,(H,28,29,30). The lowest BCUT2D eigenvalue weighted by Gasteiger charge is -2.22. The van der Waals surface area contributed by atoms with Gasteiger partial charge in [0.2, 0.25) is 0 Å². The van der Waals surface area contributed by atoms with Crippen molar-refractivity contribution in [1.29, 1.82) is 0 Å². The summed E-state index contributed by atoms with van der Waals surface area (Å²) in [4.78, 5) is 18.5. The highest BCUT2D eigenvalue weighted by molar-refractivity contribution is 6.30. The maximum atomic E-state index is 6.30. The fourth-order valence-electron chi connectivity index (χ4n) is 3.88. The molecule has 30 heavy (non-hydrogen) atoms. The van der Waals surface area contributed by atoms with Gasteiger partial charge < -0.3 is 5.32 Å². The summed E-state index contributed by atoms with van der Waals surface area (Å²) in [5.41, 5.74) is 5.22. The number of benzene rings is 1. The number of pyridine rings is 2. The summed E-state index contributed by atoms with van der Waals surface area (Å²) in [5.74, 6) is 1.58. The minimum absolute atomic E-state index is 0.171. The second-order valence-electron chi connectivity index (χ2n) is 7.30. The van der Waals surface area contributed by atoms with Gasteiger partial charge in [-0.25, -0.2) is 9.97 Å². The first kappa shape index (κ1) is 18.7. The molecule has 4 aromatic rings. The molecule has 6 heteroatoms. The second-order valence-corrected chi connectivity index (χ2v) is 7.73. The normalized spacial score (nSPS) is 13.6. The van der Waals surface area contributed by atoms with Crippen LogP contribution in [0.3, 0.4) is 0 Å². The summed E-state index contributed by atoms with van der Waals surface area (Å²) in [6, 6.07) is 17.5. The van der Waals surface area contributed by atoms with E-state index in [0.29, 0.717) is 10.8 Å². The van der Waals surface area contributed by atoms with Crippen LogP contribution < -0.4 is 5.32 Å². The highest BCUT2D eigenvalue weighted by Gasteiger charge is 2.24. The van der Waals surface area contributed by atoms with Gasteiger partial charge in [-0.2, -0.15) is 0 Å². The maximum absolute atomic E-state index is 6.30. The molecule has 3 aromatic heterocycles. The van der Waals surface area contributed by atoms with E-state index in [1.807, 2.05) is 48.5 Å². The highest BCUT2D eigenvalue weighted by Crippen LogP contribution is 2.33. The van der Waals surface area contributed by atoms with Crippen LogP contribution in [0, 0.1) is 0 Å². The molecule has 1 unspecified atom stereocenters. The first-order chi connectivity index (χ1) is 14.8. The van der Waals surface area contributed by atoms with Gasteiger partial charge in [-0.3, -0.25) is 9.97 Å². The number of hydrogen-bond acceptors (Lipinski definition) is 5. The molecule has 1 N–H and O–H groups in total. The van der Waals surface area contributed by atoms with Crippen LogP contribution in [0.2, 0.25) is 5.02 Å². The van der Waals surface area contributed by atoms with Gasteiger partial charge in [0, 0.05) is 40.4 Å². The van der Waals surface area contributed by atoms with Gasteiger partial charge in [-0.1, -0.05) is 29.8 Å². The Balaban J connectivity index is 1.61. The van der Waals surface area contributed by atoms with Crippen LogP contribution in [0.1, 0.15) is 35.0 Å². The monoisotopic (exact) mass is 413 g/mol. The molecule has 1 aliphatic carbocycles. The first-order valence-corrected chi connectivity index (χ1v) is 10.4. The van der Waals surface area contributed by atoms with Crippen molar-refractivity contribution >= 4 is 17.4 Å². The van der Waals surface area contributed by atoms with Gasteiger partial charge in [0.05, 0.1) is 11.7 Å². The Bertz CT molecular complexity index is 1160. The van der Waals surface area contributed by atoms with Crippen LogP contribution in [0.4, 0.5) is 5.82 Å². The van der Waals surface area contributed by atoms with E-state index in [1.54, 1.807) is 18.6 Å². The number of rotatable bonds is 5. The molecular weight excluding hydrogens is 394 g/mol. The van der Waals surface area contributed by atoms with Crippen molar-refractivity contribution in [2.45, 2.75) is 25.3 Å². The summed E-state index contributed by atoms with van der Waals surface area (Å²) in [5, 5.41) is 4.36. The third kappa shape index (κ3) is 3.76. The van der Waals surface area contributed by atoms with E-state index >= 15 is 0 Å². The van der Waals surface area contributed by atoms with E-state index in [-0.39, 0.29) is 6.04 Å². The van der Waals surface area contributed by atoms with E-state index in [1.165, 1.54) is 5.56 Å². The van der Waals surface area contributed by atoms with Gasteiger partial charge in [0.25, 0.3) is 0 Å². The van der Waals surface area contributed by atoms with Gasteiger partial charge in [0.1, 0.15) is 5.82 Å². The van der Waals surface area contributed by atoms with Crippen LogP contribution in [-0.4, -0.2) is 19.9 Å². The Hall–Kier alpha value is -3.31. The maximum Gasteiger partial charge on any atom is 0.161 e. The molecule has 0 saturated carbocycles. The van der Waals surface area contributed by atoms with Crippen LogP contribution in [-0.2, 0) is 12.8 Å². The molecule has 0 radical (unpaired) electrons. The molecule has 0 fully saturated rings. The molecule has 3 heterocycles. The number of nitrogens with zero attached hydrogens (tertiary/aromatic N) is 4. The smallest absolute Gasteiger partial charge is 0.161 e. The quantitative estimate of drug-likeness (QED) is 0.482. The van der Waals surface area contributed by atoms with Gasteiger partial charge in [-0.05, 0) is 61.2 Å². The summed E-state index contributed by atoms with van der Waals surface area (Å²) in [6.45, 7) is 0. The lowest BCUT2D eigenvalue weighted by atomic mass is 10.0. The van der Waals surface area contributed by atoms with E-state index in [2.05, 4.69) is 21.4 Å². The van der Waals surface area contributed by atoms with Crippen LogP contribution in [0.25, 0.3) is 11.4 Å². The Labute approximate surface area is 180 Å². The van der Waals surface area contributed by atoms with E-state index < -0.39 is 0 Å². The number of fused-ring (bicyclic) bond motifs is 1. The average Bonchev–Trinajstić information content (AvgIpc) is 3.27. The van der Waals surface area contributed by atoms with E-state index in [9.17, 15) is 0 Å². The minimum atomic E-state index is -0.171. The molecule has 1 atom stereocenters. The largest absolute Gasteiger partial charge is 0.357 e. The summed E-state index contributed by atoms with van der Waals surface area (Å²) >= 11 is 6.30. The fraction of sp³-hybridized carbons (Fsp3) is 0.167. The topological polar surface area (TPSA) is 63.6 Å². The van der Waals surface area contributed by atoms with E-state index in [0.717, 1.165) is 47.6 Å². The number of aromatic nitrogens is 4. The molecule has 1 aliphatic rings. The second kappa shape index (κ2) is 8.20. The molecule has 5 nitrogen and oxygen atoms in total. The number of aryl methyl sites for hydroxylation is 1. The van der Waals surface area contributed by atoms with Gasteiger partial charge in [0.15, 0.2) is 5.82 Å². The third-order valence-corrected chi connectivity index (χ3v) is 5.55. The SMILES string of the molecule is Clc1cccc(C(Nc2nc(-c3ccncc3)nc3c2CCC3)c2ccccn2)c1. The Morgan fingerprint density at radius 3 is 2.60 bits per heavy atom. The zero-order valence-corrected chi connectivity index (χ0v) is 17.0. The summed E-state index contributed by atoms with van der Waals surface area (Å²) in [7, 11) is 0. The Morgan fingerprint density at radius 1 is 0.900 bits per heavy atom. The zero-order chi connectivity index (χ0) is 20.3. The number of hydrogen-bond donors (Lipinski definition) is 1. The zero-order valence-electron chi connectivity index (χ0n) is 16.3. The van der Waals surface area contributed by atoms with Gasteiger partial charge >= 0.3 is 0 Å². The molecule has 0 amide bonds. The number of anilines is 1. The molecule has 148 valence electrons. The lowest BCUT2D eigenvalue weighted by Crippen LogP contribution is -2.17. The van der Waals surface area contributed by atoms with E-state index in [4.69, 9.17) is 21.6 Å². The van der Waals surface area contributed by atoms with Crippen molar-refractivity contribution in [3.63, 3.8) is 0 Å². The van der Waals surface area contributed by atoms with Crippen molar-refractivity contribution in [3.05, 3.63) is 101 Å². The predicted octanol–water partition coefficient (Wildman–Crippen LogP) is 5.28. The van der Waals surface area contributed by atoms with Crippen LogP contribution in [0.15, 0.2) is 73.2 Å². The summed E-state index contributed by atoms with van der Waals surface area (Å²) in [6.07, 6.45) is 8.36. The number of nitrogens with one attached hydrogen (secondary N) is 1. The predicted molar refractivity (Wildman–Crippen MR) is 118 cm³/mol. The average molecular weight is 414 g/mol. The first-order valence-electron chi connectivity index (χ1n) is 10.0. The summed E-state index contributed by atoms with van der Waals surface area (Å²) < 4.78 is 0. The molecular formula is C24H20ClN5. The molecule has 0 aliphatic heterocycles. The molecule has 0 bridgehead atoms. The van der Waals surface area contributed by atoms with Crippen LogP contribution >= 0.6 is 11.6 Å². The van der Waals surface area contributed by atoms with Gasteiger partial charge in [-0.15, -0.1) is 0 Å². The van der Waals surface area contributed by atoms with Crippen molar-refractivity contribution in [3.8, 4) is 11.4 Å². The van der Waals surface area contributed by atoms with Crippen molar-refractivity contribution in [2.75, 3.05) is 5.32 Å². The molecule has 0 saturated heterocycles. The fourth-order valence-corrected chi connectivity index (χ4v) is 4.08. The molecule has 0 spiro atoms. The van der Waals surface area contributed by atoms with Crippen LogP contribution in [0.5, 0.6) is 0 Å². The van der Waals surface area contributed by atoms with Crippen molar-refractivity contribution < 1.29 is 0 Å². The Morgan fingerprint density at radius 2 is 1.80 bits per heavy atom. The third-order valence-electron chi connectivity index (χ3n) is 5.32. The Kier molecular flexibility index (Phi) is 5.11. The molecule has 1 aromatic carbocycles. The minimum Gasteiger partial charge on any atom is -0.357 e. The lowest BCUT2D eigenvalue weighted by molar-refractivity contribution is 0.868. The van der Waals surface area contributed by atoms with Crippen molar-refractivity contribution in [1.82, 2.24) is 19.9 Å².